The summed E-state index contributed by atoms with van der Waals surface area (Å²) in [5.74, 6) is 0. The molecular formula is C42H66N2O4. The van der Waals surface area contributed by atoms with E-state index in [2.05, 4.69) is 82.5 Å². The molecule has 0 spiro atoms. The van der Waals surface area contributed by atoms with Crippen molar-refractivity contribution in [3.8, 4) is 0 Å². The second-order valence-electron chi connectivity index (χ2n) is 13.1. The van der Waals surface area contributed by atoms with Gasteiger partial charge in [-0.15, -0.1) is 0 Å². The molecular weight excluding hydrogens is 596 g/mol. The van der Waals surface area contributed by atoms with Crippen molar-refractivity contribution in [1.82, 2.24) is 0 Å². The first-order valence-corrected chi connectivity index (χ1v) is 19.1. The van der Waals surface area contributed by atoms with E-state index in [0.717, 1.165) is 0 Å². The third-order valence-corrected chi connectivity index (χ3v) is 8.92. The molecule has 2 aromatic heterocycles. The van der Waals surface area contributed by atoms with Crippen LogP contribution in [-0.2, 0) is 35.5 Å². The van der Waals surface area contributed by atoms with E-state index in [0.29, 0.717) is 0 Å². The lowest BCUT2D eigenvalue weighted by Crippen LogP contribution is -2.33. The van der Waals surface area contributed by atoms with Gasteiger partial charge in [-0.05, 0) is 102 Å². The van der Waals surface area contributed by atoms with Crippen LogP contribution < -0.4 is 19.3 Å². The van der Waals surface area contributed by atoms with E-state index in [1.165, 1.54) is 178 Å². The molecule has 2 aromatic rings. The van der Waals surface area contributed by atoms with Crippen LogP contribution in [0.4, 0.5) is 0 Å². The van der Waals surface area contributed by atoms with E-state index in [1.54, 1.807) is 0 Å². The van der Waals surface area contributed by atoms with E-state index in [-0.39, 0.29) is 0 Å². The second-order valence-corrected chi connectivity index (χ2v) is 13.1. The van der Waals surface area contributed by atoms with Crippen LogP contribution in [0.5, 0.6) is 0 Å². The van der Waals surface area contributed by atoms with Gasteiger partial charge in [-0.25, -0.2) is 9.13 Å². The van der Waals surface area contributed by atoms with Gasteiger partial charge in [0.2, 0.25) is 0 Å². The van der Waals surface area contributed by atoms with Gasteiger partial charge in [-0.1, -0.05) is 75.7 Å². The molecule has 3 heterocycles. The van der Waals surface area contributed by atoms with Crippen molar-refractivity contribution in [3.05, 3.63) is 84.5 Å². The minimum Gasteiger partial charge on any atom is -0.554 e. The molecule has 0 aliphatic carbocycles. The molecule has 3 rings (SSSR count). The van der Waals surface area contributed by atoms with E-state index in [1.807, 2.05) is 0 Å². The Hall–Kier alpha value is -3.28. The van der Waals surface area contributed by atoms with Gasteiger partial charge >= 0.3 is 0 Å². The summed E-state index contributed by atoms with van der Waals surface area (Å²) < 4.78 is 4.85. The number of fused-ring (bicyclic) bond motifs is 4. The predicted molar refractivity (Wildman–Crippen MR) is 193 cm³/mol. The van der Waals surface area contributed by atoms with Crippen molar-refractivity contribution < 1.29 is 28.9 Å². The van der Waals surface area contributed by atoms with Gasteiger partial charge in [0.1, 0.15) is 13.1 Å². The van der Waals surface area contributed by atoms with Crippen LogP contribution in [0.15, 0.2) is 73.4 Å². The molecule has 0 radical (unpaired) electrons. The lowest BCUT2D eigenvalue weighted by molar-refractivity contribution is -0.697. The Morgan fingerprint density at radius 3 is 1.08 bits per heavy atom. The third kappa shape index (κ3) is 26.8. The average molecular weight is 663 g/mol. The fraction of sp³-hybridized carbons (Fsp3) is 0.619. The standard InChI is InChI=1S/C40H64N2.2CH2O2/c1-2-5-9-13-17-21-25-33-41-35-28-32-40(38-41)30-24-20-16-12-8-4-6-10-14-18-22-26-34-42-36-27-31-39(37-42)29-23-19-15-11-7-3-1;2*2-1-3/h2,4-6,27-28,31-32,35-38H,1,3,7-26,29-30,33-34H2;2*1H,(H,2,3)/q+2;;/p-2/b5-2-,6-4-;;. The maximum absolute atomic E-state index is 8.25. The number of pyridine rings is 2. The first-order valence-electron chi connectivity index (χ1n) is 19.1. The molecule has 4 bridgehead atoms. The molecule has 0 N–H and O–H groups in total. The largest absolute Gasteiger partial charge is 0.554 e. The summed E-state index contributed by atoms with van der Waals surface area (Å²) >= 11 is 0. The molecule has 6 heteroatoms. The van der Waals surface area contributed by atoms with Crippen LogP contribution in [0.1, 0.15) is 152 Å². The third-order valence-electron chi connectivity index (χ3n) is 8.92. The number of allylic oxidation sites excluding steroid dienone is 4. The number of carbonyl (C=O) groups excluding carboxylic acids is 2. The van der Waals surface area contributed by atoms with Gasteiger partial charge in [0.05, 0.1) is 0 Å². The summed E-state index contributed by atoms with van der Waals surface area (Å²) in [5, 5.41) is 16.5. The summed E-state index contributed by atoms with van der Waals surface area (Å²) in [6.45, 7) is 1.34. The Kier molecular flexibility index (Phi) is 29.9. The lowest BCUT2D eigenvalue weighted by Gasteiger charge is -2.03. The van der Waals surface area contributed by atoms with Crippen LogP contribution in [-0.4, -0.2) is 12.9 Å². The zero-order valence-electron chi connectivity index (χ0n) is 30.0. The Morgan fingerprint density at radius 1 is 0.438 bits per heavy atom. The van der Waals surface area contributed by atoms with Gasteiger partial charge in [0.15, 0.2) is 24.8 Å². The first kappa shape index (κ1) is 42.7. The van der Waals surface area contributed by atoms with Gasteiger partial charge in [-0.3, -0.25) is 0 Å². The molecule has 0 amide bonds. The highest BCUT2D eigenvalue weighted by Crippen LogP contribution is 2.12. The van der Waals surface area contributed by atoms with E-state index >= 15 is 0 Å². The zero-order chi connectivity index (χ0) is 34.6. The summed E-state index contributed by atoms with van der Waals surface area (Å²) in [5.41, 5.74) is 3.03. The topological polar surface area (TPSA) is 88.0 Å². The number of nitrogens with zero attached hydrogens (tertiary/aromatic N) is 2. The fourth-order valence-corrected chi connectivity index (χ4v) is 6.26. The van der Waals surface area contributed by atoms with Gasteiger partial charge in [0, 0.05) is 49.0 Å². The number of hydrogen-bond donors (Lipinski definition) is 0. The van der Waals surface area contributed by atoms with E-state index in [4.69, 9.17) is 19.8 Å². The molecule has 0 unspecified atom stereocenters. The summed E-state index contributed by atoms with van der Waals surface area (Å²) in [6, 6.07) is 9.14. The zero-order valence-corrected chi connectivity index (χ0v) is 30.0. The van der Waals surface area contributed by atoms with Crippen LogP contribution >= 0.6 is 0 Å². The van der Waals surface area contributed by atoms with Crippen molar-refractivity contribution >= 4 is 12.9 Å². The molecule has 1 aliphatic rings. The predicted octanol–water partition coefficient (Wildman–Crippen LogP) is 7.49. The van der Waals surface area contributed by atoms with Crippen LogP contribution in [0.3, 0.4) is 0 Å². The number of aryl methyl sites for hydroxylation is 4. The molecule has 0 saturated carbocycles. The average Bonchev–Trinajstić information content (AvgIpc) is 3.09. The highest BCUT2D eigenvalue weighted by Gasteiger charge is 2.05. The number of hydrogen-bond acceptors (Lipinski definition) is 4. The van der Waals surface area contributed by atoms with Crippen molar-refractivity contribution in [2.75, 3.05) is 0 Å². The van der Waals surface area contributed by atoms with E-state index < -0.39 is 12.9 Å². The Morgan fingerprint density at radius 2 is 0.729 bits per heavy atom. The highest BCUT2D eigenvalue weighted by atomic mass is 16.3. The number of rotatable bonds is 0. The Labute approximate surface area is 293 Å². The molecule has 0 fully saturated rings. The minimum absolute atomic E-state index is 0.500. The van der Waals surface area contributed by atoms with Crippen molar-refractivity contribution in [2.45, 2.75) is 167 Å². The van der Waals surface area contributed by atoms with Gasteiger partial charge in [0.25, 0.3) is 0 Å². The smallest absolute Gasteiger partial charge is 0.171 e. The monoisotopic (exact) mass is 663 g/mol. The van der Waals surface area contributed by atoms with Crippen LogP contribution in [0.25, 0.3) is 0 Å². The lowest BCUT2D eigenvalue weighted by atomic mass is 10.0. The van der Waals surface area contributed by atoms with Crippen molar-refractivity contribution in [1.29, 1.82) is 0 Å². The van der Waals surface area contributed by atoms with Crippen molar-refractivity contribution in [3.63, 3.8) is 0 Å². The molecule has 0 aromatic carbocycles. The molecule has 1 aliphatic heterocycles. The van der Waals surface area contributed by atoms with Crippen LogP contribution in [0.2, 0.25) is 0 Å². The maximum Gasteiger partial charge on any atom is 0.171 e. The minimum atomic E-state index is -0.500. The molecule has 6 nitrogen and oxygen atoms in total. The summed E-state index contributed by atoms with van der Waals surface area (Å²) in [6.07, 6.45) is 51.0. The molecule has 268 valence electrons. The Balaban J connectivity index is 0.00000178. The number of carboxylic acid groups (broad SMARTS) is 2. The molecule has 0 atom stereocenters. The fourth-order valence-electron chi connectivity index (χ4n) is 6.26. The van der Waals surface area contributed by atoms with E-state index in [9.17, 15) is 0 Å². The van der Waals surface area contributed by atoms with Crippen LogP contribution in [0, 0.1) is 0 Å². The van der Waals surface area contributed by atoms with Gasteiger partial charge < -0.3 is 19.8 Å². The summed E-state index contributed by atoms with van der Waals surface area (Å²) in [4.78, 5) is 16.5. The number of aromatic nitrogens is 2. The molecule has 48 heavy (non-hydrogen) atoms. The number of carbonyl (C=O) groups is 2. The quantitative estimate of drug-likeness (QED) is 0.166. The normalized spacial score (nSPS) is 19.0. The maximum atomic E-state index is 8.25. The second kappa shape index (κ2) is 33.6. The molecule has 0 saturated heterocycles. The SMILES string of the molecule is C1=C\CCCCCC[n+]2cccc(c2)CCCCCC/C=C\CCCCCC[n+]2cccc(c2)CCCCCCCC/1.O=C[O-].O=C[O-]. The summed E-state index contributed by atoms with van der Waals surface area (Å²) in [7, 11) is 0. The van der Waals surface area contributed by atoms with Crippen molar-refractivity contribution in [2.24, 2.45) is 0 Å². The first-order chi connectivity index (χ1) is 23.7. The Bertz CT molecular complexity index is 1080. The highest BCUT2D eigenvalue weighted by molar-refractivity contribution is 5.29. The van der Waals surface area contributed by atoms with Gasteiger partial charge in [-0.2, -0.15) is 0 Å².